The van der Waals surface area contributed by atoms with Crippen molar-refractivity contribution in [2.75, 3.05) is 0 Å². The van der Waals surface area contributed by atoms with Gasteiger partial charge in [-0.3, -0.25) is 9.69 Å². The average Bonchev–Trinajstić information content (AvgIpc) is 3.55. The average molecular weight is 517 g/mol. The highest BCUT2D eigenvalue weighted by atomic mass is 32.1. The van der Waals surface area contributed by atoms with E-state index in [9.17, 15) is 9.18 Å². The summed E-state index contributed by atoms with van der Waals surface area (Å²) in [5, 5.41) is 15.7. The van der Waals surface area contributed by atoms with E-state index in [0.29, 0.717) is 31.0 Å². The van der Waals surface area contributed by atoms with E-state index in [1.165, 1.54) is 22.6 Å². The van der Waals surface area contributed by atoms with Crippen molar-refractivity contribution >= 4 is 22.2 Å². The number of hydrogen-bond acceptors (Lipinski definition) is 6. The number of tetrazole rings is 1. The summed E-state index contributed by atoms with van der Waals surface area (Å²) in [6.45, 7) is 7.76. The maximum atomic E-state index is 13.4. The first kappa shape index (κ1) is 25.0. The summed E-state index contributed by atoms with van der Waals surface area (Å²) < 4.78 is 15.2. The molecule has 5 rings (SSSR count). The second-order valence-corrected chi connectivity index (χ2v) is 10.4. The minimum absolute atomic E-state index is 0.0901. The van der Waals surface area contributed by atoms with Gasteiger partial charge in [0.15, 0.2) is 5.82 Å². The Bertz CT molecular complexity index is 1560. The van der Waals surface area contributed by atoms with Crippen LogP contribution in [0.4, 0.5) is 4.39 Å². The van der Waals surface area contributed by atoms with E-state index in [2.05, 4.69) is 56.8 Å². The van der Waals surface area contributed by atoms with E-state index < -0.39 is 0 Å². The van der Waals surface area contributed by atoms with Crippen molar-refractivity contribution in [3.8, 4) is 0 Å². The molecule has 0 unspecified atom stereocenters. The van der Waals surface area contributed by atoms with Crippen LogP contribution in [0.15, 0.2) is 64.8 Å². The van der Waals surface area contributed by atoms with Crippen LogP contribution in [0.2, 0.25) is 0 Å². The molecule has 0 aliphatic heterocycles. The maximum Gasteiger partial charge on any atom is 0.252 e. The lowest BCUT2D eigenvalue weighted by Gasteiger charge is -2.30. The number of pyridine rings is 1. The molecule has 3 aromatic heterocycles. The fourth-order valence-corrected chi connectivity index (χ4v) is 5.40. The van der Waals surface area contributed by atoms with E-state index >= 15 is 0 Å². The number of nitrogens with one attached hydrogen (secondary N) is 1. The molecule has 0 aliphatic rings. The van der Waals surface area contributed by atoms with Gasteiger partial charge in [-0.1, -0.05) is 25.1 Å². The van der Waals surface area contributed by atoms with Crippen LogP contribution < -0.4 is 5.56 Å². The van der Waals surface area contributed by atoms with Gasteiger partial charge in [-0.25, -0.2) is 9.07 Å². The summed E-state index contributed by atoms with van der Waals surface area (Å²) in [6, 6.07) is 16.5. The molecule has 0 bridgehead atoms. The van der Waals surface area contributed by atoms with Gasteiger partial charge in [0.1, 0.15) is 5.82 Å². The van der Waals surface area contributed by atoms with E-state index in [1.807, 2.05) is 25.1 Å². The molecule has 0 saturated carbocycles. The predicted octanol–water partition coefficient (Wildman–Crippen LogP) is 5.53. The topological polar surface area (TPSA) is 79.7 Å². The second-order valence-electron chi connectivity index (χ2n) is 9.38. The smallest absolute Gasteiger partial charge is 0.252 e. The number of halogens is 1. The molecule has 9 heteroatoms. The lowest BCUT2D eigenvalue weighted by Crippen LogP contribution is -2.32. The quantitative estimate of drug-likeness (QED) is 0.279. The summed E-state index contributed by atoms with van der Waals surface area (Å²) in [4.78, 5) is 19.7. The molecule has 1 N–H and O–H groups in total. The van der Waals surface area contributed by atoms with E-state index in [0.717, 1.165) is 28.5 Å². The van der Waals surface area contributed by atoms with Crippen LogP contribution in [0.1, 0.15) is 52.3 Å². The van der Waals surface area contributed by atoms with Gasteiger partial charge >= 0.3 is 0 Å². The molecule has 0 fully saturated rings. The van der Waals surface area contributed by atoms with Gasteiger partial charge < -0.3 is 4.98 Å². The number of aryl methyl sites for hydroxylation is 2. The molecule has 7 nitrogen and oxygen atoms in total. The van der Waals surface area contributed by atoms with Crippen molar-refractivity contribution in [2.24, 2.45) is 0 Å². The van der Waals surface area contributed by atoms with Gasteiger partial charge in [-0.05, 0) is 94.5 Å². The van der Waals surface area contributed by atoms with Gasteiger partial charge in [-0.15, -0.1) is 16.4 Å². The highest BCUT2D eigenvalue weighted by molar-refractivity contribution is 7.09. The Balaban J connectivity index is 1.50. The summed E-state index contributed by atoms with van der Waals surface area (Å²) in [5.74, 6) is 0.437. The van der Waals surface area contributed by atoms with Crippen molar-refractivity contribution in [3.63, 3.8) is 0 Å². The summed E-state index contributed by atoms with van der Waals surface area (Å²) >= 11 is 1.68. The number of aromatic amines is 1. The number of fused-ring (bicyclic) bond motifs is 1. The Morgan fingerprint density at radius 3 is 2.59 bits per heavy atom. The molecule has 37 heavy (non-hydrogen) atoms. The Hall–Kier alpha value is -3.69. The summed E-state index contributed by atoms with van der Waals surface area (Å²) in [7, 11) is 0. The SMILES string of the molecule is CC[C@H](c1nnnn1Cc1ccc(F)cc1)N(Cc1cccs1)Cc1cc2cc(C)c(C)cc2[nH]c1=O. The zero-order valence-electron chi connectivity index (χ0n) is 21.1. The number of rotatable bonds is 9. The lowest BCUT2D eigenvalue weighted by atomic mass is 10.0. The number of nitrogens with zero attached hydrogens (tertiary/aromatic N) is 5. The Morgan fingerprint density at radius 2 is 1.86 bits per heavy atom. The van der Waals surface area contributed by atoms with Crippen LogP contribution >= 0.6 is 11.3 Å². The Labute approximate surface area is 218 Å². The first-order valence-electron chi connectivity index (χ1n) is 12.3. The lowest BCUT2D eigenvalue weighted by molar-refractivity contribution is 0.163. The third-order valence-corrected chi connectivity index (χ3v) is 7.64. The first-order valence-corrected chi connectivity index (χ1v) is 13.2. The van der Waals surface area contributed by atoms with Gasteiger partial charge in [-0.2, -0.15) is 0 Å². The van der Waals surface area contributed by atoms with E-state index in [1.54, 1.807) is 28.2 Å². The highest BCUT2D eigenvalue weighted by Gasteiger charge is 2.26. The number of benzene rings is 2. The van der Waals surface area contributed by atoms with Crippen LogP contribution in [0, 0.1) is 19.7 Å². The normalized spacial score (nSPS) is 12.5. The van der Waals surface area contributed by atoms with Crippen LogP contribution in [-0.2, 0) is 19.6 Å². The molecule has 190 valence electrons. The first-order chi connectivity index (χ1) is 17.9. The van der Waals surface area contributed by atoms with Crippen LogP contribution in [0.25, 0.3) is 10.9 Å². The second kappa shape index (κ2) is 10.7. The Kier molecular flexibility index (Phi) is 7.25. The van der Waals surface area contributed by atoms with Crippen LogP contribution in [0.5, 0.6) is 0 Å². The zero-order valence-corrected chi connectivity index (χ0v) is 21.9. The molecule has 3 heterocycles. The highest BCUT2D eigenvalue weighted by Crippen LogP contribution is 2.28. The number of aromatic nitrogens is 5. The predicted molar refractivity (Wildman–Crippen MR) is 144 cm³/mol. The van der Waals surface area contributed by atoms with Gasteiger partial charge in [0.25, 0.3) is 5.56 Å². The molecule has 0 radical (unpaired) electrons. The monoisotopic (exact) mass is 516 g/mol. The zero-order chi connectivity index (χ0) is 25.9. The molecule has 5 aromatic rings. The van der Waals surface area contributed by atoms with Crippen molar-refractivity contribution in [3.05, 3.63) is 109 Å². The molecule has 0 amide bonds. The third-order valence-electron chi connectivity index (χ3n) is 6.78. The molecular formula is C28H29FN6OS. The van der Waals surface area contributed by atoms with Gasteiger partial charge in [0.2, 0.25) is 0 Å². The van der Waals surface area contributed by atoms with E-state index in [4.69, 9.17) is 0 Å². The fourth-order valence-electron chi connectivity index (χ4n) is 4.67. The molecule has 0 aliphatic carbocycles. The maximum absolute atomic E-state index is 13.4. The summed E-state index contributed by atoms with van der Waals surface area (Å²) in [6.07, 6.45) is 0.749. The molecular weight excluding hydrogens is 487 g/mol. The van der Waals surface area contributed by atoms with E-state index in [-0.39, 0.29) is 17.4 Å². The number of thiophene rings is 1. The van der Waals surface area contributed by atoms with Gasteiger partial charge in [0.05, 0.1) is 12.6 Å². The molecule has 1 atom stereocenters. The van der Waals surface area contributed by atoms with Gasteiger partial charge in [0, 0.05) is 29.0 Å². The van der Waals surface area contributed by atoms with Crippen LogP contribution in [-0.4, -0.2) is 30.1 Å². The minimum Gasteiger partial charge on any atom is -0.322 e. The summed E-state index contributed by atoms with van der Waals surface area (Å²) in [5.41, 5.74) is 4.70. The molecule has 0 saturated heterocycles. The van der Waals surface area contributed by atoms with Crippen molar-refractivity contribution in [2.45, 2.75) is 52.9 Å². The minimum atomic E-state index is -0.278. The largest absolute Gasteiger partial charge is 0.322 e. The van der Waals surface area contributed by atoms with Crippen molar-refractivity contribution < 1.29 is 4.39 Å². The Morgan fingerprint density at radius 1 is 1.08 bits per heavy atom. The number of H-pyrrole nitrogens is 1. The fraction of sp³-hybridized carbons (Fsp3) is 0.286. The molecule has 0 spiro atoms. The molecule has 2 aromatic carbocycles. The van der Waals surface area contributed by atoms with Crippen molar-refractivity contribution in [1.29, 1.82) is 0 Å². The van der Waals surface area contributed by atoms with Crippen molar-refractivity contribution in [1.82, 2.24) is 30.1 Å². The standard InChI is InChI=1S/C28H29FN6OS/c1-4-26(27-31-32-33-35(27)15-20-7-9-23(29)10-8-20)34(17-24-6-5-11-37-24)16-22-14-21-12-18(2)19(3)13-25(21)30-28(22)36/h5-14,26H,4,15-17H2,1-3H3,(H,30,36)/t26-/m1/s1. The van der Waals surface area contributed by atoms with Crippen LogP contribution in [0.3, 0.4) is 0 Å². The third kappa shape index (κ3) is 5.52. The number of hydrogen-bond donors (Lipinski definition) is 1.